The molecule has 4 aliphatic heterocycles. The molecule has 0 saturated heterocycles. The van der Waals surface area contributed by atoms with Crippen LogP contribution < -0.4 is 31.1 Å². The fraction of sp³-hybridized carbons (Fsp3) is 0.368. The van der Waals surface area contributed by atoms with E-state index in [1.54, 1.807) is 5.56 Å². The van der Waals surface area contributed by atoms with Crippen molar-refractivity contribution in [1.29, 1.82) is 0 Å². The van der Waals surface area contributed by atoms with Crippen LogP contribution >= 0.6 is 22.7 Å². The van der Waals surface area contributed by atoms with Crippen LogP contribution in [-0.4, -0.2) is 12.3 Å². The van der Waals surface area contributed by atoms with Crippen LogP contribution in [0.2, 0.25) is 0 Å². The van der Waals surface area contributed by atoms with Gasteiger partial charge in [0.05, 0.1) is 11.2 Å². The van der Waals surface area contributed by atoms with Crippen molar-refractivity contribution < 1.29 is 0 Å². The zero-order chi connectivity index (χ0) is 56.3. The number of nitrogens with zero attached hydrogens (tertiary/aromatic N) is 3. The molecule has 1 fully saturated rings. The van der Waals surface area contributed by atoms with Gasteiger partial charge in [-0.3, -0.25) is 0 Å². The Morgan fingerprint density at radius 3 is 1.74 bits per heavy atom. The fourth-order valence-electron chi connectivity index (χ4n) is 18.2. The minimum absolute atomic E-state index is 0.00661. The molecule has 6 heterocycles. The minimum atomic E-state index is -0.230. The summed E-state index contributed by atoms with van der Waals surface area (Å²) in [6.07, 6.45) is 9.36. The predicted octanol–water partition coefficient (Wildman–Crippen LogP) is 19.9. The summed E-state index contributed by atoms with van der Waals surface area (Å²) in [5.41, 5.74) is 26.4. The Kier molecular flexibility index (Phi) is 9.73. The lowest BCUT2D eigenvalue weighted by Gasteiger charge is -2.51. The quantitative estimate of drug-likeness (QED) is 0.152. The molecule has 10 aromatic rings. The molecule has 3 atom stereocenters. The number of hydrogen-bond acceptors (Lipinski definition) is 5. The number of thiophene rings is 2. The van der Waals surface area contributed by atoms with Gasteiger partial charge in [-0.15, -0.1) is 22.7 Å². The first kappa shape index (κ1) is 50.2. The molecule has 7 aliphatic rings. The van der Waals surface area contributed by atoms with Crippen LogP contribution in [0.15, 0.2) is 127 Å². The van der Waals surface area contributed by atoms with E-state index in [1.165, 1.54) is 167 Å². The third kappa shape index (κ3) is 6.24. The monoisotopic (exact) mass is 1110 g/mol. The normalized spacial score (nSPS) is 23.9. The van der Waals surface area contributed by atoms with Gasteiger partial charge in [0.1, 0.15) is 0 Å². The molecule has 3 unspecified atom stereocenters. The second kappa shape index (κ2) is 15.9. The number of aryl methyl sites for hydroxylation is 1. The molecule has 0 radical (unpaired) electrons. The molecular weight excluding hydrogens is 1030 g/mol. The Balaban J connectivity index is 1.09. The van der Waals surface area contributed by atoms with Crippen molar-refractivity contribution in [3.8, 4) is 0 Å². The van der Waals surface area contributed by atoms with Gasteiger partial charge < -0.3 is 14.7 Å². The number of rotatable bonds is 1. The van der Waals surface area contributed by atoms with Crippen LogP contribution in [0, 0.1) is 6.92 Å². The molecular formula is C76H76BN3S2. The first-order valence-corrected chi connectivity index (χ1v) is 32.6. The third-order valence-electron chi connectivity index (χ3n) is 23.2. The Labute approximate surface area is 494 Å². The molecule has 3 aliphatic carbocycles. The largest absolute Gasteiger partial charge is 0.334 e. The average molecular weight is 1110 g/mol. The molecule has 6 bridgehead atoms. The summed E-state index contributed by atoms with van der Waals surface area (Å²) in [6.45, 7) is 33.0. The number of anilines is 8. The molecule has 410 valence electrons. The first-order chi connectivity index (χ1) is 39.0. The minimum Gasteiger partial charge on any atom is -0.334 e. The summed E-state index contributed by atoms with van der Waals surface area (Å²) >= 11 is 3.90. The molecule has 1 saturated carbocycles. The SMILES string of the molecule is Cc1cc2c3cc1N1c4cc5sc6ccccc6c5cc4B4c5cc6c(cc5N(c5cccc7sc8ccccc8c57)c5cc(cc1c54)N1c4cc(c(C(C)(C)C)cc4C4(C)CCCCC14C)C3(C)CCC2(C)C)C(C)(C)CCC6(C)C. The van der Waals surface area contributed by atoms with E-state index in [9.17, 15) is 0 Å². The number of fused-ring (bicyclic) bond motifs is 21. The lowest BCUT2D eigenvalue weighted by molar-refractivity contribution is 0.195. The van der Waals surface area contributed by atoms with Crippen molar-refractivity contribution in [2.45, 2.75) is 179 Å². The smallest absolute Gasteiger partial charge is 0.252 e. The fourth-order valence-corrected chi connectivity index (χ4v) is 20.4. The van der Waals surface area contributed by atoms with Gasteiger partial charge in [-0.05, 0) is 201 Å². The van der Waals surface area contributed by atoms with E-state index in [4.69, 9.17) is 0 Å². The van der Waals surface area contributed by atoms with Crippen molar-refractivity contribution in [2.75, 3.05) is 14.7 Å². The highest BCUT2D eigenvalue weighted by atomic mass is 32.1. The molecule has 82 heavy (non-hydrogen) atoms. The maximum Gasteiger partial charge on any atom is 0.252 e. The van der Waals surface area contributed by atoms with Gasteiger partial charge in [0.2, 0.25) is 0 Å². The van der Waals surface area contributed by atoms with Crippen LogP contribution in [-0.2, 0) is 32.5 Å². The van der Waals surface area contributed by atoms with Gasteiger partial charge in [0, 0.05) is 85.6 Å². The van der Waals surface area contributed by atoms with Gasteiger partial charge in [-0.25, -0.2) is 0 Å². The highest BCUT2D eigenvalue weighted by Gasteiger charge is 2.60. The Morgan fingerprint density at radius 2 is 1.01 bits per heavy atom. The molecule has 3 nitrogen and oxygen atoms in total. The Hall–Kier alpha value is -6.34. The summed E-state index contributed by atoms with van der Waals surface area (Å²) in [4.78, 5) is 8.59. The zero-order valence-electron chi connectivity index (χ0n) is 50.5. The van der Waals surface area contributed by atoms with Crippen molar-refractivity contribution in [3.05, 3.63) is 172 Å². The summed E-state index contributed by atoms with van der Waals surface area (Å²) in [5.74, 6) is 0. The molecule has 17 rings (SSSR count). The van der Waals surface area contributed by atoms with Crippen LogP contribution in [0.3, 0.4) is 0 Å². The van der Waals surface area contributed by atoms with E-state index in [0.717, 1.165) is 25.7 Å². The van der Waals surface area contributed by atoms with Crippen LogP contribution in [0.25, 0.3) is 40.3 Å². The van der Waals surface area contributed by atoms with Crippen LogP contribution in [0.1, 0.15) is 179 Å². The summed E-state index contributed by atoms with van der Waals surface area (Å²) in [6, 6.07) is 52.7. The third-order valence-corrected chi connectivity index (χ3v) is 25.5. The van der Waals surface area contributed by atoms with Crippen molar-refractivity contribution in [1.82, 2.24) is 0 Å². The maximum absolute atomic E-state index is 2.96. The molecule has 0 spiro atoms. The lowest BCUT2D eigenvalue weighted by atomic mass is 9.33. The van der Waals surface area contributed by atoms with Gasteiger partial charge in [-0.2, -0.15) is 0 Å². The average Bonchev–Trinajstić information content (AvgIpc) is 1.25. The zero-order valence-corrected chi connectivity index (χ0v) is 52.1. The molecule has 0 N–H and O–H groups in total. The van der Waals surface area contributed by atoms with E-state index in [1.807, 2.05) is 22.7 Å². The van der Waals surface area contributed by atoms with Gasteiger partial charge >= 0.3 is 0 Å². The van der Waals surface area contributed by atoms with Crippen molar-refractivity contribution in [2.24, 2.45) is 0 Å². The standard InChI is InChI=1S/C76H76BN3S2/c1-43-33-49-53-40-58(43)79-61-42-67-47(45-21-14-16-24-64(45)82-67)36-55(61)77-56-38-50-51(72(7,8)30-29-71(50,5)6)39-60(56)78(57-23-20-26-66-68(57)46-22-15-17-25-65(46)81-66)62-34-44(35-63(79)69(62)77)80-59-41-52(74(53,11)32-31-73(49,9)10)48(70(2,3)4)37-54(59)75(12)27-18-19-28-76(75,80)13/h14-17,20-26,33-42H,18-19,27-32H2,1-13H3. The lowest BCUT2D eigenvalue weighted by Crippen LogP contribution is -2.62. The number of benzene rings is 8. The van der Waals surface area contributed by atoms with Crippen molar-refractivity contribution in [3.63, 3.8) is 0 Å². The molecule has 8 aromatic carbocycles. The van der Waals surface area contributed by atoms with Gasteiger partial charge in [0.25, 0.3) is 6.71 Å². The van der Waals surface area contributed by atoms with Gasteiger partial charge in [0.15, 0.2) is 0 Å². The Morgan fingerprint density at radius 1 is 0.439 bits per heavy atom. The summed E-state index contributed by atoms with van der Waals surface area (Å²) < 4.78 is 5.39. The van der Waals surface area contributed by atoms with Crippen molar-refractivity contribution >= 4 is 132 Å². The van der Waals surface area contributed by atoms with Crippen LogP contribution in [0.5, 0.6) is 0 Å². The summed E-state index contributed by atoms with van der Waals surface area (Å²) in [5, 5.41) is 5.41. The molecule has 0 amide bonds. The Bertz CT molecular complexity index is 4540. The van der Waals surface area contributed by atoms with Gasteiger partial charge in [-0.1, -0.05) is 156 Å². The van der Waals surface area contributed by atoms with Crippen LogP contribution in [0.4, 0.5) is 45.5 Å². The first-order valence-electron chi connectivity index (χ1n) is 31.0. The second-order valence-electron chi connectivity index (χ2n) is 30.2. The van der Waals surface area contributed by atoms with E-state index < -0.39 is 0 Å². The molecule has 2 aromatic heterocycles. The highest BCUT2D eigenvalue weighted by molar-refractivity contribution is 7.26. The van der Waals surface area contributed by atoms with E-state index in [0.29, 0.717) is 0 Å². The predicted molar refractivity (Wildman–Crippen MR) is 356 cm³/mol. The summed E-state index contributed by atoms with van der Waals surface area (Å²) in [7, 11) is 0. The topological polar surface area (TPSA) is 9.72 Å². The van der Waals surface area contributed by atoms with E-state index in [2.05, 4.69) is 232 Å². The van der Waals surface area contributed by atoms with E-state index >= 15 is 0 Å². The molecule has 6 heteroatoms. The second-order valence-corrected chi connectivity index (χ2v) is 32.4. The maximum atomic E-state index is 2.96. The van der Waals surface area contributed by atoms with E-state index in [-0.39, 0.29) is 44.7 Å². The highest BCUT2D eigenvalue weighted by Crippen LogP contribution is 2.65. The number of hydrogen-bond donors (Lipinski definition) is 0.